The molecule has 1 atom stereocenters. The molecule has 108 valence electrons. The molecule has 0 spiro atoms. The Labute approximate surface area is 121 Å². The molecule has 1 saturated heterocycles. The van der Waals surface area contributed by atoms with Gasteiger partial charge in [0.05, 0.1) is 4.90 Å². The third-order valence-electron chi connectivity index (χ3n) is 3.53. The third kappa shape index (κ3) is 3.28. The lowest BCUT2D eigenvalue weighted by atomic mass is 10.2. The molecule has 1 aliphatic heterocycles. The van der Waals surface area contributed by atoms with Gasteiger partial charge in [0, 0.05) is 19.1 Å². The van der Waals surface area contributed by atoms with Crippen molar-refractivity contribution >= 4 is 22.4 Å². The molecule has 4 nitrogen and oxygen atoms in total. The first kappa shape index (κ1) is 16.4. The van der Waals surface area contributed by atoms with Crippen molar-refractivity contribution in [1.29, 1.82) is 0 Å². The van der Waals surface area contributed by atoms with E-state index in [1.165, 1.54) is 0 Å². The van der Waals surface area contributed by atoms with Gasteiger partial charge < -0.3 is 5.73 Å². The Morgan fingerprint density at radius 2 is 1.95 bits per heavy atom. The maximum atomic E-state index is 12.5. The number of halogens is 1. The minimum absolute atomic E-state index is 0. The number of rotatable bonds is 4. The fraction of sp³-hybridized carbons (Fsp3) is 0.538. The molecule has 0 amide bonds. The number of benzene rings is 1. The van der Waals surface area contributed by atoms with Crippen molar-refractivity contribution < 1.29 is 8.42 Å². The summed E-state index contributed by atoms with van der Waals surface area (Å²) in [5.41, 5.74) is 6.78. The standard InChI is InChI=1S/C13H20N2O2S.ClH/c1-2-11-5-7-13(8-6-11)18(16,17)15-9-3-4-12(15)10-14;/h5-8,12H,2-4,9-10,14H2,1H3;1H. The van der Waals surface area contributed by atoms with E-state index in [0.29, 0.717) is 18.0 Å². The molecule has 1 aliphatic rings. The Hall–Kier alpha value is -0.620. The Morgan fingerprint density at radius 1 is 1.32 bits per heavy atom. The number of hydrogen-bond donors (Lipinski definition) is 1. The zero-order valence-corrected chi connectivity index (χ0v) is 12.7. The van der Waals surface area contributed by atoms with Crippen LogP contribution < -0.4 is 5.73 Å². The molecule has 0 bridgehead atoms. The van der Waals surface area contributed by atoms with E-state index in [1.807, 2.05) is 12.1 Å². The molecule has 0 aliphatic carbocycles. The summed E-state index contributed by atoms with van der Waals surface area (Å²) in [4.78, 5) is 0.375. The fourth-order valence-corrected chi connectivity index (χ4v) is 4.10. The van der Waals surface area contributed by atoms with Crippen LogP contribution in [-0.2, 0) is 16.4 Å². The molecule has 0 saturated carbocycles. The Bertz CT molecular complexity index is 502. The number of aryl methyl sites for hydroxylation is 1. The van der Waals surface area contributed by atoms with Gasteiger partial charge in [-0.25, -0.2) is 8.42 Å². The SMILES string of the molecule is CCc1ccc(S(=O)(=O)N2CCCC2CN)cc1.Cl. The van der Waals surface area contributed by atoms with Crippen LogP contribution in [0.4, 0.5) is 0 Å². The van der Waals surface area contributed by atoms with Gasteiger partial charge in [-0.05, 0) is 37.0 Å². The molecule has 2 N–H and O–H groups in total. The highest BCUT2D eigenvalue weighted by Gasteiger charge is 2.34. The van der Waals surface area contributed by atoms with Crippen LogP contribution in [0.2, 0.25) is 0 Å². The highest BCUT2D eigenvalue weighted by molar-refractivity contribution is 7.89. The summed E-state index contributed by atoms with van der Waals surface area (Å²) in [6.45, 7) is 3.03. The summed E-state index contributed by atoms with van der Waals surface area (Å²) in [5, 5.41) is 0. The van der Waals surface area contributed by atoms with Crippen LogP contribution in [0.25, 0.3) is 0 Å². The van der Waals surface area contributed by atoms with E-state index in [4.69, 9.17) is 5.73 Å². The second-order valence-corrected chi connectivity index (χ2v) is 6.54. The first-order valence-corrected chi connectivity index (χ1v) is 7.84. The topological polar surface area (TPSA) is 63.4 Å². The molecule has 2 rings (SSSR count). The number of nitrogens with two attached hydrogens (primary N) is 1. The lowest BCUT2D eigenvalue weighted by Crippen LogP contribution is -2.39. The van der Waals surface area contributed by atoms with Crippen molar-refractivity contribution in [2.75, 3.05) is 13.1 Å². The zero-order valence-electron chi connectivity index (χ0n) is 11.1. The number of nitrogens with zero attached hydrogens (tertiary/aromatic N) is 1. The van der Waals surface area contributed by atoms with Gasteiger partial charge in [0.15, 0.2) is 0 Å². The largest absolute Gasteiger partial charge is 0.329 e. The highest BCUT2D eigenvalue weighted by atomic mass is 35.5. The summed E-state index contributed by atoms with van der Waals surface area (Å²) in [7, 11) is -3.37. The Kier molecular flexibility index (Phi) is 5.80. The summed E-state index contributed by atoms with van der Waals surface area (Å²) < 4.78 is 26.5. The second-order valence-electron chi connectivity index (χ2n) is 4.65. The number of hydrogen-bond acceptors (Lipinski definition) is 3. The quantitative estimate of drug-likeness (QED) is 0.922. The molecule has 1 fully saturated rings. The molecular formula is C13H21ClN2O2S. The van der Waals surface area contributed by atoms with Gasteiger partial charge in [-0.2, -0.15) is 4.31 Å². The van der Waals surface area contributed by atoms with E-state index in [1.54, 1.807) is 16.4 Å². The van der Waals surface area contributed by atoms with Crippen molar-refractivity contribution in [3.05, 3.63) is 29.8 Å². The van der Waals surface area contributed by atoms with Crippen molar-refractivity contribution in [1.82, 2.24) is 4.31 Å². The van der Waals surface area contributed by atoms with E-state index in [9.17, 15) is 8.42 Å². The van der Waals surface area contributed by atoms with Crippen molar-refractivity contribution in [2.24, 2.45) is 5.73 Å². The molecule has 6 heteroatoms. The van der Waals surface area contributed by atoms with E-state index >= 15 is 0 Å². The lowest BCUT2D eigenvalue weighted by molar-refractivity contribution is 0.393. The molecule has 19 heavy (non-hydrogen) atoms. The smallest absolute Gasteiger partial charge is 0.243 e. The predicted molar refractivity (Wildman–Crippen MR) is 79.0 cm³/mol. The minimum atomic E-state index is -3.37. The van der Waals surface area contributed by atoms with E-state index in [0.717, 1.165) is 24.8 Å². The average Bonchev–Trinajstić information content (AvgIpc) is 2.88. The van der Waals surface area contributed by atoms with Crippen LogP contribution in [0.1, 0.15) is 25.3 Å². The van der Waals surface area contributed by atoms with Crippen LogP contribution in [0, 0.1) is 0 Å². The van der Waals surface area contributed by atoms with Crippen molar-refractivity contribution in [2.45, 2.75) is 37.1 Å². The average molecular weight is 305 g/mol. The van der Waals surface area contributed by atoms with Gasteiger partial charge in [-0.15, -0.1) is 12.4 Å². The molecule has 1 heterocycles. The predicted octanol–water partition coefficient (Wildman–Crippen LogP) is 1.78. The van der Waals surface area contributed by atoms with E-state index in [-0.39, 0.29) is 18.4 Å². The molecule has 0 radical (unpaired) electrons. The Balaban J connectivity index is 0.00000180. The normalized spacial score (nSPS) is 20.2. The monoisotopic (exact) mass is 304 g/mol. The van der Waals surface area contributed by atoms with Crippen LogP contribution in [0.15, 0.2) is 29.2 Å². The van der Waals surface area contributed by atoms with E-state index < -0.39 is 10.0 Å². The highest BCUT2D eigenvalue weighted by Crippen LogP contribution is 2.25. The maximum absolute atomic E-state index is 12.5. The first-order chi connectivity index (χ1) is 8.59. The second kappa shape index (κ2) is 6.70. The zero-order chi connectivity index (χ0) is 13.2. The molecule has 1 aromatic carbocycles. The van der Waals surface area contributed by atoms with Crippen molar-refractivity contribution in [3.8, 4) is 0 Å². The lowest BCUT2D eigenvalue weighted by Gasteiger charge is -2.22. The van der Waals surface area contributed by atoms with Gasteiger partial charge in [0.1, 0.15) is 0 Å². The van der Waals surface area contributed by atoms with Crippen molar-refractivity contribution in [3.63, 3.8) is 0 Å². The van der Waals surface area contributed by atoms with Gasteiger partial charge >= 0.3 is 0 Å². The van der Waals surface area contributed by atoms with Crippen LogP contribution in [0.5, 0.6) is 0 Å². The summed E-state index contributed by atoms with van der Waals surface area (Å²) in [5.74, 6) is 0. The van der Waals surface area contributed by atoms with Crippen LogP contribution in [-0.4, -0.2) is 31.9 Å². The minimum Gasteiger partial charge on any atom is -0.329 e. The van der Waals surface area contributed by atoms with Gasteiger partial charge in [-0.1, -0.05) is 19.1 Å². The van der Waals surface area contributed by atoms with Gasteiger partial charge in [0.2, 0.25) is 10.0 Å². The summed E-state index contributed by atoms with van der Waals surface area (Å²) in [6.07, 6.45) is 2.67. The van der Waals surface area contributed by atoms with Crippen LogP contribution >= 0.6 is 12.4 Å². The molecule has 1 aromatic rings. The summed E-state index contributed by atoms with van der Waals surface area (Å²) >= 11 is 0. The third-order valence-corrected chi connectivity index (χ3v) is 5.50. The summed E-state index contributed by atoms with van der Waals surface area (Å²) in [6, 6.07) is 7.10. The van der Waals surface area contributed by atoms with Crippen LogP contribution in [0.3, 0.4) is 0 Å². The van der Waals surface area contributed by atoms with E-state index in [2.05, 4.69) is 6.92 Å². The van der Waals surface area contributed by atoms with Gasteiger partial charge in [0.25, 0.3) is 0 Å². The maximum Gasteiger partial charge on any atom is 0.243 e. The number of sulfonamides is 1. The molecule has 0 aromatic heterocycles. The molecular weight excluding hydrogens is 284 g/mol. The molecule has 1 unspecified atom stereocenters. The Morgan fingerprint density at radius 3 is 2.47 bits per heavy atom. The van der Waals surface area contributed by atoms with Gasteiger partial charge in [-0.3, -0.25) is 0 Å². The fourth-order valence-electron chi connectivity index (χ4n) is 2.39. The first-order valence-electron chi connectivity index (χ1n) is 6.40.